The van der Waals surface area contributed by atoms with Gasteiger partial charge in [0.05, 0.1) is 157 Å². The summed E-state index contributed by atoms with van der Waals surface area (Å²) < 4.78 is 65.4. The van der Waals surface area contributed by atoms with Gasteiger partial charge in [0.25, 0.3) is 0 Å². The molecule has 6 atom stereocenters. The van der Waals surface area contributed by atoms with Crippen molar-refractivity contribution in [2.24, 2.45) is 0 Å². The Morgan fingerprint density at radius 3 is 1.23 bits per heavy atom. The zero-order valence-electron chi connectivity index (χ0n) is 35.9. The van der Waals surface area contributed by atoms with Gasteiger partial charge in [0.1, 0.15) is 24.4 Å². The molecule has 364 valence electrons. The summed E-state index contributed by atoms with van der Waals surface area (Å²) in [4.78, 5) is 35.3. The molecule has 2 aliphatic rings. The topological polar surface area (TPSA) is 299 Å². The number of hydrogen-bond acceptors (Lipinski definition) is 20. The fraction of sp³-hybridized carbons (Fsp3) is 0.923. The molecule has 2 aliphatic heterocycles. The lowest BCUT2D eigenvalue weighted by Crippen LogP contribution is -2.46. The number of carbonyl (C=O) groups is 3. The molecule has 2 heterocycles. The number of aliphatic carboxylic acids is 1. The number of nitrogens with one attached hydrogen (secondary N) is 3. The van der Waals surface area contributed by atoms with Gasteiger partial charge in [-0.25, -0.2) is 0 Å². The largest absolute Gasteiger partial charge is 0.480 e. The average molecular weight is 904 g/mol. The van der Waals surface area contributed by atoms with E-state index in [-0.39, 0.29) is 70.8 Å². The Bertz CT molecular complexity index is 1040. The van der Waals surface area contributed by atoms with E-state index in [1.165, 1.54) is 0 Å². The standard InChI is InChI=1S/C39H73N3O20/c43-31-1-9-61-33(38(31)49)28-59-23-21-55-19-17-53-15-13-51-11-5-40-35(45)3-7-57-26-30(42-25-37(47)48)27-58-8-4-36(46)41-6-12-52-14-16-54-18-20-56-22-24-60-29-34-39(50)32(44)2-10-62-34/h30-34,38-39,42-44,49-50H,1-29H2,(H,40,45)(H,41,46)(H,47,48). The van der Waals surface area contributed by atoms with E-state index in [0.29, 0.717) is 132 Å². The van der Waals surface area contributed by atoms with Crippen LogP contribution in [0.4, 0.5) is 0 Å². The maximum atomic E-state index is 12.1. The van der Waals surface area contributed by atoms with Crippen LogP contribution in [-0.4, -0.2) is 251 Å². The summed E-state index contributed by atoms with van der Waals surface area (Å²) in [5, 5.41) is 56.4. The van der Waals surface area contributed by atoms with Crippen LogP contribution in [0.15, 0.2) is 0 Å². The van der Waals surface area contributed by atoms with Crippen LogP contribution < -0.4 is 16.0 Å². The second-order valence-electron chi connectivity index (χ2n) is 14.2. The van der Waals surface area contributed by atoms with Gasteiger partial charge in [0, 0.05) is 39.1 Å². The van der Waals surface area contributed by atoms with Gasteiger partial charge in [-0.1, -0.05) is 0 Å². The average Bonchev–Trinajstić information content (AvgIpc) is 3.25. The van der Waals surface area contributed by atoms with Crippen molar-refractivity contribution in [3.05, 3.63) is 0 Å². The van der Waals surface area contributed by atoms with Crippen molar-refractivity contribution >= 4 is 17.8 Å². The highest BCUT2D eigenvalue weighted by molar-refractivity contribution is 5.76. The lowest BCUT2D eigenvalue weighted by Gasteiger charge is -2.31. The molecule has 2 amide bonds. The van der Waals surface area contributed by atoms with Gasteiger partial charge < -0.3 is 93.0 Å². The molecule has 2 fully saturated rings. The minimum atomic E-state index is -1.05. The molecule has 0 aliphatic carbocycles. The Morgan fingerprint density at radius 1 is 0.500 bits per heavy atom. The van der Waals surface area contributed by atoms with Crippen molar-refractivity contribution in [3.8, 4) is 0 Å². The van der Waals surface area contributed by atoms with Gasteiger partial charge in [0.2, 0.25) is 11.8 Å². The highest BCUT2D eigenvalue weighted by Gasteiger charge is 2.32. The normalized spacial score (nSPS) is 22.1. The number of hydrogen-bond donors (Lipinski definition) is 8. The van der Waals surface area contributed by atoms with Crippen LogP contribution in [0.1, 0.15) is 25.7 Å². The van der Waals surface area contributed by atoms with E-state index in [9.17, 15) is 34.8 Å². The summed E-state index contributed by atoms with van der Waals surface area (Å²) in [5.41, 5.74) is 0. The van der Waals surface area contributed by atoms with E-state index in [4.69, 9.17) is 61.9 Å². The second-order valence-corrected chi connectivity index (χ2v) is 14.2. The predicted molar refractivity (Wildman–Crippen MR) is 216 cm³/mol. The van der Waals surface area contributed by atoms with Crippen molar-refractivity contribution in [1.82, 2.24) is 16.0 Å². The van der Waals surface area contributed by atoms with Crippen LogP contribution in [0.3, 0.4) is 0 Å². The molecule has 0 aromatic rings. The number of aliphatic hydroxyl groups is 4. The number of ether oxygens (including phenoxy) is 12. The lowest BCUT2D eigenvalue weighted by atomic mass is 10.0. The highest BCUT2D eigenvalue weighted by Crippen LogP contribution is 2.16. The minimum Gasteiger partial charge on any atom is -0.480 e. The zero-order valence-corrected chi connectivity index (χ0v) is 35.9. The monoisotopic (exact) mass is 903 g/mol. The fourth-order valence-electron chi connectivity index (χ4n) is 5.61. The molecule has 2 rings (SSSR count). The number of rotatable bonds is 41. The summed E-state index contributed by atoms with van der Waals surface area (Å²) in [5.74, 6) is -1.50. The first-order valence-corrected chi connectivity index (χ1v) is 21.4. The second kappa shape index (κ2) is 38.0. The van der Waals surface area contributed by atoms with E-state index >= 15 is 0 Å². The molecule has 0 aromatic carbocycles. The van der Waals surface area contributed by atoms with E-state index in [0.717, 1.165) is 0 Å². The molecule has 8 N–H and O–H groups in total. The Kier molecular flexibility index (Phi) is 34.3. The van der Waals surface area contributed by atoms with Gasteiger partial charge in [-0.05, 0) is 12.8 Å². The van der Waals surface area contributed by atoms with Crippen molar-refractivity contribution < 1.29 is 96.8 Å². The van der Waals surface area contributed by atoms with Crippen LogP contribution in [0.25, 0.3) is 0 Å². The number of aliphatic hydroxyl groups excluding tert-OH is 4. The van der Waals surface area contributed by atoms with Crippen LogP contribution in [0.2, 0.25) is 0 Å². The maximum absolute atomic E-state index is 12.1. The SMILES string of the molecule is O=C(O)CNC(COCCC(=O)NCCOCCOCCOCCOCC1OCCC(O)C1O)COCCC(=O)NCCOCCOCCOCCOCC1OCCC(O)C1O. The molecule has 0 bridgehead atoms. The van der Waals surface area contributed by atoms with Crippen LogP contribution in [-0.2, 0) is 71.2 Å². The van der Waals surface area contributed by atoms with Crippen molar-refractivity contribution in [2.75, 3.05) is 165 Å². The Morgan fingerprint density at radius 2 is 0.855 bits per heavy atom. The zero-order chi connectivity index (χ0) is 44.9. The molecular formula is C39H73N3O20. The Balaban J connectivity index is 1.33. The number of carbonyl (C=O) groups excluding carboxylic acids is 2. The van der Waals surface area contributed by atoms with Gasteiger partial charge in [-0.3, -0.25) is 19.7 Å². The molecule has 23 heteroatoms. The minimum absolute atomic E-state index is 0.0976. The van der Waals surface area contributed by atoms with Crippen LogP contribution in [0.5, 0.6) is 0 Å². The molecule has 6 unspecified atom stereocenters. The molecule has 0 radical (unpaired) electrons. The van der Waals surface area contributed by atoms with Gasteiger partial charge in [0.15, 0.2) is 0 Å². The molecule has 0 saturated carbocycles. The fourth-order valence-corrected chi connectivity index (χ4v) is 5.61. The van der Waals surface area contributed by atoms with Crippen LogP contribution >= 0.6 is 0 Å². The molecular weight excluding hydrogens is 830 g/mol. The third-order valence-corrected chi connectivity index (χ3v) is 9.10. The molecule has 0 aromatic heterocycles. The van der Waals surface area contributed by atoms with Crippen LogP contribution in [0, 0.1) is 0 Å². The summed E-state index contributed by atoms with van der Waals surface area (Å²) in [6.07, 6.45) is -3.56. The van der Waals surface area contributed by atoms with E-state index in [1.807, 2.05) is 0 Å². The summed E-state index contributed by atoms with van der Waals surface area (Å²) in [6, 6.07) is -0.470. The first kappa shape index (κ1) is 55.9. The van der Waals surface area contributed by atoms with Gasteiger partial charge >= 0.3 is 5.97 Å². The predicted octanol–water partition coefficient (Wildman–Crippen LogP) is -3.77. The number of amides is 2. The number of carboxylic acids is 1. The van der Waals surface area contributed by atoms with Gasteiger partial charge in [-0.2, -0.15) is 0 Å². The maximum Gasteiger partial charge on any atom is 0.317 e. The lowest BCUT2D eigenvalue weighted by molar-refractivity contribution is -0.156. The van der Waals surface area contributed by atoms with E-state index < -0.39 is 48.6 Å². The quantitative estimate of drug-likeness (QED) is 0.0273. The molecule has 62 heavy (non-hydrogen) atoms. The summed E-state index contributed by atoms with van der Waals surface area (Å²) >= 11 is 0. The highest BCUT2D eigenvalue weighted by atomic mass is 16.6. The third kappa shape index (κ3) is 30.0. The Labute approximate surface area is 363 Å². The van der Waals surface area contributed by atoms with Gasteiger partial charge in [-0.15, -0.1) is 0 Å². The summed E-state index contributed by atoms with van der Waals surface area (Å²) in [6.45, 7) is 6.75. The van der Waals surface area contributed by atoms with Crippen molar-refractivity contribution in [2.45, 2.75) is 68.3 Å². The van der Waals surface area contributed by atoms with Crippen molar-refractivity contribution in [1.29, 1.82) is 0 Å². The van der Waals surface area contributed by atoms with E-state index in [1.54, 1.807) is 0 Å². The summed E-state index contributed by atoms with van der Waals surface area (Å²) in [7, 11) is 0. The first-order chi connectivity index (χ1) is 30.2. The third-order valence-electron chi connectivity index (χ3n) is 9.10. The van der Waals surface area contributed by atoms with E-state index in [2.05, 4.69) is 16.0 Å². The molecule has 2 saturated heterocycles. The Hall–Kier alpha value is -2.27. The molecule has 0 spiro atoms. The smallest absolute Gasteiger partial charge is 0.317 e. The van der Waals surface area contributed by atoms with Crippen molar-refractivity contribution in [3.63, 3.8) is 0 Å². The number of carboxylic acid groups (broad SMARTS) is 1. The molecule has 23 nitrogen and oxygen atoms in total. The first-order valence-electron chi connectivity index (χ1n) is 21.4.